The number of rotatable bonds is 8. The molecule has 0 aromatic heterocycles. The fraction of sp³-hybridized carbons (Fsp3) is 0.571. The molecule has 1 rings (SSSR count). The predicted molar refractivity (Wildman–Crippen MR) is 89.9 cm³/mol. The second-order valence-electron chi connectivity index (χ2n) is 5.83. The first kappa shape index (κ1) is 19.3. The number of sulfonamides is 1. The van der Waals surface area contributed by atoms with Crippen molar-refractivity contribution in [3.05, 3.63) is 28.3 Å². The zero-order valence-electron chi connectivity index (χ0n) is 13.8. The molecule has 23 heavy (non-hydrogen) atoms. The van der Waals surface area contributed by atoms with Gasteiger partial charge in [0.05, 0.1) is 9.82 Å². The van der Waals surface area contributed by atoms with E-state index in [4.69, 9.17) is 5.14 Å². The summed E-state index contributed by atoms with van der Waals surface area (Å²) in [6, 6.07) is 4.31. The Morgan fingerprint density at radius 3 is 2.26 bits per heavy atom. The molecule has 0 saturated carbocycles. The summed E-state index contributed by atoms with van der Waals surface area (Å²) >= 11 is 0. The zero-order valence-corrected chi connectivity index (χ0v) is 14.6. The maximum absolute atomic E-state index is 11.3. The van der Waals surface area contributed by atoms with Crippen molar-refractivity contribution in [1.82, 2.24) is 4.90 Å². The molecule has 0 amide bonds. The third-order valence-corrected chi connectivity index (χ3v) is 4.42. The molecule has 0 bridgehead atoms. The molecule has 0 unspecified atom stereocenters. The standard InChI is InChI=1S/C14H24N4O4S/c1-10(2)17(11(3)4)8-7-16-13-6-5-12(23(15,21)22)9-14(13)18(19)20/h5-6,9-11,16H,7-8H2,1-4H3,(H2,15,21,22). The van der Waals surface area contributed by atoms with Crippen LogP contribution < -0.4 is 10.5 Å². The molecule has 9 heteroatoms. The lowest BCUT2D eigenvalue weighted by atomic mass is 10.2. The highest BCUT2D eigenvalue weighted by molar-refractivity contribution is 7.89. The number of hydrogen-bond acceptors (Lipinski definition) is 6. The topological polar surface area (TPSA) is 119 Å². The summed E-state index contributed by atoms with van der Waals surface area (Å²) in [5.41, 5.74) is -0.0352. The summed E-state index contributed by atoms with van der Waals surface area (Å²) < 4.78 is 22.6. The molecule has 0 saturated heterocycles. The fourth-order valence-electron chi connectivity index (χ4n) is 2.42. The largest absolute Gasteiger partial charge is 0.378 e. The summed E-state index contributed by atoms with van der Waals surface area (Å²) in [6.45, 7) is 9.56. The number of nitro benzene ring substituents is 1. The van der Waals surface area contributed by atoms with Gasteiger partial charge >= 0.3 is 0 Å². The van der Waals surface area contributed by atoms with E-state index in [-0.39, 0.29) is 16.3 Å². The molecule has 0 fully saturated rings. The van der Waals surface area contributed by atoms with Crippen LogP contribution in [0, 0.1) is 10.1 Å². The lowest BCUT2D eigenvalue weighted by Gasteiger charge is -2.30. The van der Waals surface area contributed by atoms with E-state index in [9.17, 15) is 18.5 Å². The lowest BCUT2D eigenvalue weighted by Crippen LogP contribution is -2.40. The van der Waals surface area contributed by atoms with Crippen molar-refractivity contribution < 1.29 is 13.3 Å². The first-order chi connectivity index (χ1) is 10.5. The number of nitro groups is 1. The quantitative estimate of drug-likeness (QED) is 0.548. The van der Waals surface area contributed by atoms with Crippen LogP contribution in [0.5, 0.6) is 0 Å². The molecule has 0 aliphatic carbocycles. The third kappa shape index (κ3) is 5.45. The van der Waals surface area contributed by atoms with Gasteiger partial charge in [0.2, 0.25) is 10.0 Å². The SMILES string of the molecule is CC(C)N(CCNc1ccc(S(N)(=O)=O)cc1[N+](=O)[O-])C(C)C. The minimum atomic E-state index is -3.97. The van der Waals surface area contributed by atoms with Gasteiger partial charge in [-0.05, 0) is 39.8 Å². The van der Waals surface area contributed by atoms with E-state index in [0.717, 1.165) is 6.07 Å². The van der Waals surface area contributed by atoms with Gasteiger partial charge in [-0.25, -0.2) is 13.6 Å². The monoisotopic (exact) mass is 344 g/mol. The smallest absolute Gasteiger partial charge is 0.293 e. The minimum absolute atomic E-state index is 0.273. The van der Waals surface area contributed by atoms with E-state index in [1.165, 1.54) is 12.1 Å². The molecule has 1 aromatic carbocycles. The van der Waals surface area contributed by atoms with Crippen molar-refractivity contribution in [1.29, 1.82) is 0 Å². The summed E-state index contributed by atoms with van der Waals surface area (Å²) in [6.07, 6.45) is 0. The average molecular weight is 344 g/mol. The van der Waals surface area contributed by atoms with Crippen molar-refractivity contribution >= 4 is 21.4 Å². The van der Waals surface area contributed by atoms with Gasteiger partial charge in [-0.2, -0.15) is 0 Å². The van der Waals surface area contributed by atoms with E-state index in [2.05, 4.69) is 37.9 Å². The number of benzene rings is 1. The van der Waals surface area contributed by atoms with Gasteiger partial charge < -0.3 is 5.32 Å². The van der Waals surface area contributed by atoms with Crippen LogP contribution in [0.2, 0.25) is 0 Å². The summed E-state index contributed by atoms with van der Waals surface area (Å²) in [5.74, 6) is 0. The van der Waals surface area contributed by atoms with Crippen molar-refractivity contribution in [2.24, 2.45) is 5.14 Å². The molecule has 0 atom stereocenters. The van der Waals surface area contributed by atoms with Crippen LogP contribution in [0.4, 0.5) is 11.4 Å². The molecular formula is C14H24N4O4S. The maximum atomic E-state index is 11.3. The Bertz CT molecular complexity index is 651. The van der Waals surface area contributed by atoms with Crippen LogP contribution in [0.15, 0.2) is 23.1 Å². The average Bonchev–Trinajstić information content (AvgIpc) is 2.41. The fourth-order valence-corrected chi connectivity index (χ4v) is 2.95. The second kappa shape index (κ2) is 7.71. The number of nitrogens with two attached hydrogens (primary N) is 1. The highest BCUT2D eigenvalue weighted by Crippen LogP contribution is 2.27. The van der Waals surface area contributed by atoms with Gasteiger partial charge in [-0.3, -0.25) is 15.0 Å². The normalized spacial score (nSPS) is 12.2. The van der Waals surface area contributed by atoms with Crippen LogP contribution in [-0.4, -0.2) is 43.4 Å². The van der Waals surface area contributed by atoms with Crippen molar-refractivity contribution in [3.8, 4) is 0 Å². The summed E-state index contributed by atoms with van der Waals surface area (Å²) in [5, 5.41) is 19.1. The van der Waals surface area contributed by atoms with E-state index >= 15 is 0 Å². The highest BCUT2D eigenvalue weighted by Gasteiger charge is 2.19. The summed E-state index contributed by atoms with van der Waals surface area (Å²) in [7, 11) is -3.97. The molecule has 1 aromatic rings. The molecular weight excluding hydrogens is 320 g/mol. The summed E-state index contributed by atoms with van der Waals surface area (Å²) in [4.78, 5) is 12.5. The maximum Gasteiger partial charge on any atom is 0.293 e. The molecule has 0 aliphatic heterocycles. The number of nitrogens with one attached hydrogen (secondary N) is 1. The van der Waals surface area contributed by atoms with Crippen molar-refractivity contribution in [3.63, 3.8) is 0 Å². The van der Waals surface area contributed by atoms with Gasteiger partial charge in [0.1, 0.15) is 5.69 Å². The third-order valence-electron chi connectivity index (χ3n) is 3.51. The van der Waals surface area contributed by atoms with Crippen molar-refractivity contribution in [2.75, 3.05) is 18.4 Å². The molecule has 130 valence electrons. The van der Waals surface area contributed by atoms with Gasteiger partial charge in [-0.1, -0.05) is 0 Å². The van der Waals surface area contributed by atoms with Crippen LogP contribution in [0.3, 0.4) is 0 Å². The van der Waals surface area contributed by atoms with Gasteiger partial charge in [0.15, 0.2) is 0 Å². The van der Waals surface area contributed by atoms with Crippen molar-refractivity contribution in [2.45, 2.75) is 44.7 Å². The molecule has 3 N–H and O–H groups in total. The Balaban J connectivity index is 2.91. The Labute approximate surface area is 136 Å². The second-order valence-corrected chi connectivity index (χ2v) is 7.39. The Morgan fingerprint density at radius 1 is 1.26 bits per heavy atom. The van der Waals surface area contributed by atoms with Gasteiger partial charge in [-0.15, -0.1) is 0 Å². The van der Waals surface area contributed by atoms with Crippen LogP contribution in [0.25, 0.3) is 0 Å². The van der Waals surface area contributed by atoms with Crippen LogP contribution in [-0.2, 0) is 10.0 Å². The number of primary sulfonamides is 1. The van der Waals surface area contributed by atoms with Gasteiger partial charge in [0.25, 0.3) is 5.69 Å². The molecule has 0 aliphatic rings. The van der Waals surface area contributed by atoms with E-state index in [1.807, 2.05) is 0 Å². The first-order valence-corrected chi connectivity index (χ1v) is 8.89. The van der Waals surface area contributed by atoms with E-state index in [1.54, 1.807) is 0 Å². The van der Waals surface area contributed by atoms with Gasteiger partial charge in [0, 0.05) is 31.2 Å². The molecule has 0 spiro atoms. The van der Waals surface area contributed by atoms with E-state index in [0.29, 0.717) is 25.2 Å². The zero-order chi connectivity index (χ0) is 17.8. The molecule has 0 radical (unpaired) electrons. The predicted octanol–water partition coefficient (Wildman–Crippen LogP) is 1.77. The Morgan fingerprint density at radius 2 is 1.83 bits per heavy atom. The Hall–Kier alpha value is -1.71. The highest BCUT2D eigenvalue weighted by atomic mass is 32.2. The number of anilines is 1. The van der Waals surface area contributed by atoms with Crippen LogP contribution >= 0.6 is 0 Å². The molecule has 8 nitrogen and oxygen atoms in total. The van der Waals surface area contributed by atoms with Crippen LogP contribution in [0.1, 0.15) is 27.7 Å². The van der Waals surface area contributed by atoms with E-state index < -0.39 is 14.9 Å². The minimum Gasteiger partial charge on any atom is -0.378 e. The first-order valence-electron chi connectivity index (χ1n) is 7.35. The number of hydrogen-bond donors (Lipinski definition) is 2. The lowest BCUT2D eigenvalue weighted by molar-refractivity contribution is -0.384. The Kier molecular flexibility index (Phi) is 6.48. The molecule has 0 heterocycles. The number of nitrogens with zero attached hydrogens (tertiary/aromatic N) is 2.